The van der Waals surface area contributed by atoms with E-state index in [2.05, 4.69) is 22.9 Å². The SMILES string of the molecule is Br.CCCCCCCCCCCCCCCCCCOc1cn(-c2ccccc2)c(CBr)cc1=O. The monoisotopic (exact) mass is 611 g/mol. The van der Waals surface area contributed by atoms with Crippen molar-refractivity contribution in [2.75, 3.05) is 6.61 Å². The zero-order valence-electron chi connectivity index (χ0n) is 21.8. The fourth-order valence-electron chi connectivity index (χ4n) is 4.43. The highest BCUT2D eigenvalue weighted by Gasteiger charge is 2.08. The van der Waals surface area contributed by atoms with Gasteiger partial charge in [0.2, 0.25) is 5.43 Å². The van der Waals surface area contributed by atoms with Crippen LogP contribution in [0.25, 0.3) is 5.69 Å². The van der Waals surface area contributed by atoms with E-state index >= 15 is 0 Å². The van der Waals surface area contributed by atoms with Gasteiger partial charge in [0.25, 0.3) is 0 Å². The van der Waals surface area contributed by atoms with E-state index < -0.39 is 0 Å². The van der Waals surface area contributed by atoms with Crippen molar-refractivity contribution >= 4 is 32.9 Å². The predicted octanol–water partition coefficient (Wildman–Crippen LogP) is 9.95. The first-order valence-electron chi connectivity index (χ1n) is 13.8. The summed E-state index contributed by atoms with van der Waals surface area (Å²) >= 11 is 3.49. The Bertz CT molecular complexity index is 823. The number of para-hydroxylation sites is 1. The number of hydrogen-bond acceptors (Lipinski definition) is 2. The molecular formula is C30H47Br2NO2. The third-order valence-electron chi connectivity index (χ3n) is 6.52. The molecule has 35 heavy (non-hydrogen) atoms. The Morgan fingerprint density at radius 3 is 1.71 bits per heavy atom. The zero-order chi connectivity index (χ0) is 24.3. The maximum absolute atomic E-state index is 12.4. The minimum Gasteiger partial charge on any atom is -0.488 e. The first-order valence-corrected chi connectivity index (χ1v) is 14.9. The second-order valence-corrected chi connectivity index (χ2v) is 10.0. The second-order valence-electron chi connectivity index (χ2n) is 9.48. The molecule has 0 unspecified atom stereocenters. The number of hydrogen-bond donors (Lipinski definition) is 0. The van der Waals surface area contributed by atoms with Crippen molar-refractivity contribution in [3.8, 4) is 11.4 Å². The summed E-state index contributed by atoms with van der Waals surface area (Å²) in [6, 6.07) is 11.7. The molecule has 0 bridgehead atoms. The van der Waals surface area contributed by atoms with Gasteiger partial charge < -0.3 is 9.30 Å². The molecule has 0 aliphatic carbocycles. The van der Waals surface area contributed by atoms with Crippen LogP contribution >= 0.6 is 32.9 Å². The molecule has 0 saturated carbocycles. The quantitative estimate of drug-likeness (QED) is 0.110. The molecule has 198 valence electrons. The van der Waals surface area contributed by atoms with Crippen LogP contribution in [0.5, 0.6) is 5.75 Å². The molecule has 0 aliphatic heterocycles. The second kappa shape index (κ2) is 21.1. The summed E-state index contributed by atoms with van der Waals surface area (Å²) in [6.45, 7) is 2.89. The lowest BCUT2D eigenvalue weighted by Gasteiger charge is -2.14. The van der Waals surface area contributed by atoms with Gasteiger partial charge in [-0.15, -0.1) is 17.0 Å². The maximum Gasteiger partial charge on any atom is 0.223 e. The van der Waals surface area contributed by atoms with Crippen molar-refractivity contribution < 1.29 is 4.74 Å². The van der Waals surface area contributed by atoms with E-state index in [0.29, 0.717) is 17.7 Å². The standard InChI is InChI=1S/C30H46BrNO2.BrH/c1-2-3-4-5-6-7-8-9-10-11-12-13-14-15-16-20-23-34-30-26-32(27-21-18-17-19-22-27)28(25-31)24-29(30)33;/h17-19,21-22,24,26H,2-16,20,23,25H2,1H3;1H. The van der Waals surface area contributed by atoms with Crippen molar-refractivity contribution in [3.05, 3.63) is 58.5 Å². The average Bonchev–Trinajstić information content (AvgIpc) is 2.87. The van der Waals surface area contributed by atoms with Crippen LogP contribution in [0.3, 0.4) is 0 Å². The Kier molecular flexibility index (Phi) is 19.2. The highest BCUT2D eigenvalue weighted by atomic mass is 79.9. The van der Waals surface area contributed by atoms with Gasteiger partial charge in [-0.3, -0.25) is 4.79 Å². The molecule has 0 saturated heterocycles. The van der Waals surface area contributed by atoms with E-state index in [-0.39, 0.29) is 22.4 Å². The summed E-state index contributed by atoms with van der Waals surface area (Å²) in [4.78, 5) is 12.4. The van der Waals surface area contributed by atoms with E-state index in [0.717, 1.165) is 17.8 Å². The summed E-state index contributed by atoms with van der Waals surface area (Å²) in [5.74, 6) is 0.439. The fourth-order valence-corrected chi connectivity index (χ4v) is 4.86. The molecule has 3 nitrogen and oxygen atoms in total. The molecule has 5 heteroatoms. The van der Waals surface area contributed by atoms with Crippen molar-refractivity contribution in [3.63, 3.8) is 0 Å². The zero-order valence-corrected chi connectivity index (χ0v) is 25.1. The largest absolute Gasteiger partial charge is 0.488 e. The van der Waals surface area contributed by atoms with E-state index in [1.807, 2.05) is 41.1 Å². The number of nitrogens with zero attached hydrogens (tertiary/aromatic N) is 1. The molecule has 0 spiro atoms. The van der Waals surface area contributed by atoms with Crippen LogP contribution in [-0.4, -0.2) is 11.2 Å². The normalized spacial score (nSPS) is 10.8. The Labute approximate surface area is 233 Å². The molecule has 0 amide bonds. The fraction of sp³-hybridized carbons (Fsp3) is 0.633. The van der Waals surface area contributed by atoms with Crippen LogP contribution in [0.2, 0.25) is 0 Å². The molecule has 2 aromatic rings. The van der Waals surface area contributed by atoms with Crippen LogP contribution in [0.1, 0.15) is 115 Å². The minimum atomic E-state index is -0.0434. The van der Waals surface area contributed by atoms with Crippen LogP contribution in [0.15, 0.2) is 47.4 Å². The Morgan fingerprint density at radius 2 is 1.23 bits per heavy atom. The third-order valence-corrected chi connectivity index (χ3v) is 7.10. The number of pyridine rings is 1. The van der Waals surface area contributed by atoms with Crippen molar-refractivity contribution in [1.82, 2.24) is 4.57 Å². The molecular weight excluding hydrogens is 566 g/mol. The lowest BCUT2D eigenvalue weighted by Crippen LogP contribution is -2.14. The van der Waals surface area contributed by atoms with Crippen molar-refractivity contribution in [2.45, 2.75) is 115 Å². The van der Waals surface area contributed by atoms with Gasteiger partial charge in [-0.1, -0.05) is 137 Å². The molecule has 0 radical (unpaired) electrons. The van der Waals surface area contributed by atoms with Gasteiger partial charge in [-0.05, 0) is 18.6 Å². The third kappa shape index (κ3) is 13.7. The summed E-state index contributed by atoms with van der Waals surface area (Å²) in [5, 5.41) is 0.622. The molecule has 0 atom stereocenters. The predicted molar refractivity (Wildman–Crippen MR) is 160 cm³/mol. The van der Waals surface area contributed by atoms with Gasteiger partial charge >= 0.3 is 0 Å². The van der Waals surface area contributed by atoms with Crippen molar-refractivity contribution in [2.24, 2.45) is 0 Å². The number of halogens is 2. The smallest absolute Gasteiger partial charge is 0.223 e. The van der Waals surface area contributed by atoms with Crippen LogP contribution in [-0.2, 0) is 5.33 Å². The first-order chi connectivity index (χ1) is 16.8. The average molecular weight is 614 g/mol. The number of aromatic nitrogens is 1. The Hall–Kier alpha value is -1.07. The van der Waals surface area contributed by atoms with Gasteiger partial charge in [0.15, 0.2) is 5.75 Å². The van der Waals surface area contributed by atoms with Gasteiger partial charge in [0.1, 0.15) is 0 Å². The van der Waals surface area contributed by atoms with Crippen molar-refractivity contribution in [1.29, 1.82) is 0 Å². The summed E-state index contributed by atoms with van der Waals surface area (Å²) in [6.07, 6.45) is 23.5. The summed E-state index contributed by atoms with van der Waals surface area (Å²) < 4.78 is 7.90. The van der Waals surface area contributed by atoms with Crippen LogP contribution < -0.4 is 10.2 Å². The number of ether oxygens (including phenoxy) is 1. The van der Waals surface area contributed by atoms with Gasteiger partial charge in [-0.25, -0.2) is 0 Å². The Morgan fingerprint density at radius 1 is 0.743 bits per heavy atom. The first kappa shape index (κ1) is 32.0. The number of rotatable bonds is 20. The van der Waals surface area contributed by atoms with Crippen LogP contribution in [0.4, 0.5) is 0 Å². The lowest BCUT2D eigenvalue weighted by molar-refractivity contribution is 0.299. The molecule has 0 fully saturated rings. The number of benzene rings is 1. The topological polar surface area (TPSA) is 31.2 Å². The number of unbranched alkanes of at least 4 members (excludes halogenated alkanes) is 15. The van der Waals surface area contributed by atoms with E-state index in [1.165, 1.54) is 96.3 Å². The highest BCUT2D eigenvalue weighted by Crippen LogP contribution is 2.17. The molecule has 1 aromatic carbocycles. The van der Waals surface area contributed by atoms with E-state index in [9.17, 15) is 4.79 Å². The molecule has 0 aliphatic rings. The minimum absolute atomic E-state index is 0. The molecule has 0 N–H and O–H groups in total. The summed E-state index contributed by atoms with van der Waals surface area (Å²) in [5.41, 5.74) is 1.91. The van der Waals surface area contributed by atoms with Crippen LogP contribution in [0, 0.1) is 0 Å². The highest BCUT2D eigenvalue weighted by molar-refractivity contribution is 9.08. The van der Waals surface area contributed by atoms with Gasteiger partial charge in [0, 0.05) is 22.8 Å². The lowest BCUT2D eigenvalue weighted by atomic mass is 10.0. The molecule has 1 heterocycles. The van der Waals surface area contributed by atoms with Gasteiger partial charge in [0.05, 0.1) is 12.8 Å². The molecule has 1 aromatic heterocycles. The van der Waals surface area contributed by atoms with Gasteiger partial charge in [-0.2, -0.15) is 0 Å². The molecule has 2 rings (SSSR count). The summed E-state index contributed by atoms with van der Waals surface area (Å²) in [7, 11) is 0. The van der Waals surface area contributed by atoms with E-state index in [1.54, 1.807) is 6.07 Å². The number of alkyl halides is 1. The van der Waals surface area contributed by atoms with E-state index in [4.69, 9.17) is 4.74 Å². The maximum atomic E-state index is 12.4. The Balaban J connectivity index is 0.00000612.